The Bertz CT molecular complexity index is 328. The van der Waals surface area contributed by atoms with Crippen LogP contribution < -0.4 is 0 Å². The number of esters is 1. The van der Waals surface area contributed by atoms with Gasteiger partial charge >= 0.3 is 5.97 Å². The lowest BCUT2D eigenvalue weighted by atomic mass is 10.1. The van der Waals surface area contributed by atoms with Gasteiger partial charge in [0.05, 0.1) is 0 Å². The van der Waals surface area contributed by atoms with E-state index < -0.39 is 0 Å². The molecular formula is C24H46O2S. The number of hydrogen-bond donors (Lipinski definition) is 1. The van der Waals surface area contributed by atoms with Crippen molar-refractivity contribution in [2.24, 2.45) is 0 Å². The van der Waals surface area contributed by atoms with Crippen molar-refractivity contribution in [1.29, 1.82) is 0 Å². The Kier molecular flexibility index (Phi) is 23.2. The van der Waals surface area contributed by atoms with E-state index in [1.54, 1.807) is 0 Å². The van der Waals surface area contributed by atoms with Crippen LogP contribution in [0.5, 0.6) is 0 Å². The second-order valence-electron chi connectivity index (χ2n) is 7.69. The number of hydrogen-bond acceptors (Lipinski definition) is 3. The molecule has 0 bridgehead atoms. The molecule has 0 atom stereocenters. The van der Waals surface area contributed by atoms with Crippen LogP contribution in [0.4, 0.5) is 0 Å². The van der Waals surface area contributed by atoms with Gasteiger partial charge in [0, 0.05) is 12.2 Å². The average molecular weight is 399 g/mol. The second kappa shape index (κ2) is 23.6. The highest BCUT2D eigenvalue weighted by Gasteiger charge is 2.01. The fraction of sp³-hybridized carbons (Fsp3) is 0.875. The molecule has 160 valence electrons. The summed E-state index contributed by atoms with van der Waals surface area (Å²) in [6.07, 6.45) is 27.8. The Morgan fingerprint density at radius 2 is 1.15 bits per heavy atom. The summed E-state index contributed by atoms with van der Waals surface area (Å²) in [5, 5.41) is 0. The van der Waals surface area contributed by atoms with Gasteiger partial charge in [-0.15, -0.1) is 0 Å². The SMILES string of the molecule is CCCCCCCCCC/C=C/CCCCCCCCCC(=O)OCCS. The molecule has 27 heavy (non-hydrogen) atoms. The fourth-order valence-electron chi connectivity index (χ4n) is 3.28. The highest BCUT2D eigenvalue weighted by molar-refractivity contribution is 7.80. The summed E-state index contributed by atoms with van der Waals surface area (Å²) >= 11 is 4.03. The summed E-state index contributed by atoms with van der Waals surface area (Å²) in [7, 11) is 0. The van der Waals surface area contributed by atoms with E-state index in [0.29, 0.717) is 18.8 Å². The summed E-state index contributed by atoms with van der Waals surface area (Å²) in [4.78, 5) is 11.3. The quantitative estimate of drug-likeness (QED) is 0.0915. The predicted octanol–water partition coefficient (Wildman–Crippen LogP) is 8.06. The molecule has 0 aromatic heterocycles. The minimum absolute atomic E-state index is 0.0668. The Morgan fingerprint density at radius 1 is 0.704 bits per heavy atom. The molecular weight excluding hydrogens is 352 g/mol. The summed E-state index contributed by atoms with van der Waals surface area (Å²) in [5.74, 6) is 0.544. The van der Waals surface area contributed by atoms with Gasteiger partial charge < -0.3 is 4.74 Å². The van der Waals surface area contributed by atoms with Crippen molar-refractivity contribution < 1.29 is 9.53 Å². The van der Waals surface area contributed by atoms with Crippen molar-refractivity contribution in [3.05, 3.63) is 12.2 Å². The molecule has 0 aliphatic carbocycles. The standard InChI is InChI=1S/C24H46O2S/c1-2-3-4-5-6-7-8-9-10-11-12-13-14-15-16-17-18-19-20-21-24(25)26-22-23-27/h11-12,27H,2-10,13-23H2,1H3/b12-11+. The fourth-order valence-corrected chi connectivity index (χ4v) is 3.37. The molecule has 0 saturated heterocycles. The summed E-state index contributed by atoms with van der Waals surface area (Å²) in [6.45, 7) is 2.72. The molecule has 0 N–H and O–H groups in total. The van der Waals surface area contributed by atoms with Crippen LogP contribution >= 0.6 is 12.6 Å². The number of ether oxygens (including phenoxy) is 1. The lowest BCUT2D eigenvalue weighted by molar-refractivity contribution is -0.143. The van der Waals surface area contributed by atoms with E-state index in [-0.39, 0.29) is 5.97 Å². The van der Waals surface area contributed by atoms with Gasteiger partial charge in [-0.1, -0.05) is 96.1 Å². The molecule has 0 saturated carbocycles. The molecule has 0 fully saturated rings. The van der Waals surface area contributed by atoms with Crippen molar-refractivity contribution in [3.63, 3.8) is 0 Å². The Labute approximate surface area is 175 Å². The van der Waals surface area contributed by atoms with E-state index in [0.717, 1.165) is 12.8 Å². The van der Waals surface area contributed by atoms with Gasteiger partial charge in [-0.05, 0) is 32.1 Å². The molecule has 0 aromatic rings. The zero-order chi connectivity index (χ0) is 19.8. The number of carbonyl (C=O) groups is 1. The molecule has 0 aliphatic heterocycles. The van der Waals surface area contributed by atoms with E-state index in [2.05, 4.69) is 31.7 Å². The third kappa shape index (κ3) is 23.5. The molecule has 0 aromatic carbocycles. The van der Waals surface area contributed by atoms with Gasteiger partial charge in [-0.3, -0.25) is 4.79 Å². The molecule has 3 heteroatoms. The molecule has 0 unspecified atom stereocenters. The number of rotatable bonds is 21. The first-order chi connectivity index (χ1) is 13.3. The molecule has 0 aliphatic rings. The van der Waals surface area contributed by atoms with Crippen LogP contribution in [-0.4, -0.2) is 18.3 Å². The summed E-state index contributed by atoms with van der Waals surface area (Å²) in [5.41, 5.74) is 0. The first-order valence-electron chi connectivity index (χ1n) is 11.7. The summed E-state index contributed by atoms with van der Waals surface area (Å²) in [6, 6.07) is 0. The molecule has 0 spiro atoms. The average Bonchev–Trinajstić information content (AvgIpc) is 2.68. The van der Waals surface area contributed by atoms with Crippen LogP contribution in [0.2, 0.25) is 0 Å². The van der Waals surface area contributed by atoms with Crippen LogP contribution in [-0.2, 0) is 9.53 Å². The van der Waals surface area contributed by atoms with Gasteiger partial charge in [0.25, 0.3) is 0 Å². The third-order valence-electron chi connectivity index (χ3n) is 5.00. The van der Waals surface area contributed by atoms with E-state index in [4.69, 9.17) is 4.74 Å². The largest absolute Gasteiger partial charge is 0.465 e. The zero-order valence-corrected chi connectivity index (χ0v) is 19.0. The van der Waals surface area contributed by atoms with Crippen molar-refractivity contribution >= 4 is 18.6 Å². The van der Waals surface area contributed by atoms with Crippen LogP contribution in [0.25, 0.3) is 0 Å². The highest BCUT2D eigenvalue weighted by Crippen LogP contribution is 2.12. The minimum Gasteiger partial charge on any atom is -0.465 e. The lowest BCUT2D eigenvalue weighted by Gasteiger charge is -2.03. The molecule has 2 nitrogen and oxygen atoms in total. The normalized spacial score (nSPS) is 11.3. The van der Waals surface area contributed by atoms with Gasteiger partial charge in [-0.25, -0.2) is 0 Å². The van der Waals surface area contributed by atoms with Crippen LogP contribution in [0, 0.1) is 0 Å². The first-order valence-corrected chi connectivity index (χ1v) is 12.4. The zero-order valence-electron chi connectivity index (χ0n) is 18.1. The van der Waals surface area contributed by atoms with Crippen molar-refractivity contribution in [3.8, 4) is 0 Å². The van der Waals surface area contributed by atoms with Crippen LogP contribution in [0.3, 0.4) is 0 Å². The van der Waals surface area contributed by atoms with Gasteiger partial charge in [0.2, 0.25) is 0 Å². The number of unbranched alkanes of at least 4 members (excludes halogenated alkanes) is 15. The first kappa shape index (κ1) is 26.6. The van der Waals surface area contributed by atoms with Gasteiger partial charge in [0.1, 0.15) is 6.61 Å². The van der Waals surface area contributed by atoms with E-state index in [1.165, 1.54) is 96.3 Å². The second-order valence-corrected chi connectivity index (χ2v) is 8.14. The van der Waals surface area contributed by atoms with Crippen LogP contribution in [0.1, 0.15) is 122 Å². The Morgan fingerprint density at radius 3 is 1.63 bits per heavy atom. The molecule has 0 rings (SSSR count). The van der Waals surface area contributed by atoms with Crippen LogP contribution in [0.15, 0.2) is 12.2 Å². The maximum absolute atomic E-state index is 11.3. The number of allylic oxidation sites excluding steroid dienone is 2. The maximum atomic E-state index is 11.3. The smallest absolute Gasteiger partial charge is 0.305 e. The van der Waals surface area contributed by atoms with Crippen molar-refractivity contribution in [1.82, 2.24) is 0 Å². The molecule has 0 radical (unpaired) electrons. The molecule has 0 amide bonds. The predicted molar refractivity (Wildman–Crippen MR) is 123 cm³/mol. The topological polar surface area (TPSA) is 26.3 Å². The molecule has 0 heterocycles. The maximum Gasteiger partial charge on any atom is 0.305 e. The third-order valence-corrected chi connectivity index (χ3v) is 5.18. The highest BCUT2D eigenvalue weighted by atomic mass is 32.1. The minimum atomic E-state index is -0.0668. The van der Waals surface area contributed by atoms with E-state index >= 15 is 0 Å². The van der Waals surface area contributed by atoms with E-state index in [1.807, 2.05) is 0 Å². The Balaban J connectivity index is 3.13. The van der Waals surface area contributed by atoms with Gasteiger partial charge in [0.15, 0.2) is 0 Å². The lowest BCUT2D eigenvalue weighted by Crippen LogP contribution is -2.06. The number of carbonyl (C=O) groups excluding carboxylic acids is 1. The summed E-state index contributed by atoms with van der Waals surface area (Å²) < 4.78 is 5.01. The monoisotopic (exact) mass is 398 g/mol. The van der Waals surface area contributed by atoms with Crippen molar-refractivity contribution in [2.45, 2.75) is 122 Å². The van der Waals surface area contributed by atoms with E-state index in [9.17, 15) is 4.79 Å². The van der Waals surface area contributed by atoms with Crippen molar-refractivity contribution in [2.75, 3.05) is 12.4 Å². The number of thiol groups is 1. The van der Waals surface area contributed by atoms with Gasteiger partial charge in [-0.2, -0.15) is 12.6 Å². The Hall–Kier alpha value is -0.440.